The molecule has 0 spiro atoms. The molecule has 0 unspecified atom stereocenters. The van der Waals surface area contributed by atoms with Crippen LogP contribution in [0.15, 0.2) is 61.6 Å². The normalized spacial score (nSPS) is 11.0. The van der Waals surface area contributed by atoms with Gasteiger partial charge in [0.1, 0.15) is 31.6 Å². The van der Waals surface area contributed by atoms with Crippen molar-refractivity contribution in [3.63, 3.8) is 0 Å². The van der Waals surface area contributed by atoms with Crippen molar-refractivity contribution in [3.8, 4) is 0 Å². The van der Waals surface area contributed by atoms with Gasteiger partial charge in [-0.3, -0.25) is 19.6 Å². The van der Waals surface area contributed by atoms with Crippen LogP contribution >= 0.6 is 0 Å². The fraction of sp³-hybridized carbons (Fsp3) is 0.261. The average Bonchev–Trinajstić information content (AvgIpc) is 3.26. The van der Waals surface area contributed by atoms with Gasteiger partial charge in [-0.25, -0.2) is 9.97 Å². The van der Waals surface area contributed by atoms with E-state index in [9.17, 15) is 9.59 Å². The van der Waals surface area contributed by atoms with Gasteiger partial charge in [-0.2, -0.15) is 4.98 Å². The fourth-order valence-electron chi connectivity index (χ4n) is 3.11. The van der Waals surface area contributed by atoms with Gasteiger partial charge in [-0.15, -0.1) is 0 Å². The smallest absolute Gasteiger partial charge is 0.310 e. The van der Waals surface area contributed by atoms with Crippen LogP contribution in [-0.2, 0) is 43.4 Å². The van der Waals surface area contributed by atoms with Crippen molar-refractivity contribution in [3.05, 3.63) is 72.7 Å². The van der Waals surface area contributed by atoms with E-state index in [1.807, 2.05) is 0 Å². The molecule has 0 amide bonds. The predicted molar refractivity (Wildman–Crippen MR) is 122 cm³/mol. The minimum absolute atomic E-state index is 0.0365. The summed E-state index contributed by atoms with van der Waals surface area (Å²) in [5, 5.41) is 0. The molecular formula is C23H23N7O5. The second-order valence-electron chi connectivity index (χ2n) is 7.51. The Morgan fingerprint density at radius 1 is 0.914 bits per heavy atom. The Hall–Kier alpha value is -4.45. The molecule has 4 aromatic heterocycles. The summed E-state index contributed by atoms with van der Waals surface area (Å²) < 4.78 is 18.3. The van der Waals surface area contributed by atoms with Crippen molar-refractivity contribution in [1.82, 2.24) is 29.5 Å². The first-order chi connectivity index (χ1) is 17.1. The lowest BCUT2D eigenvalue weighted by atomic mass is 10.2. The SMILES string of the molecule is Nc1ncc2c(ncn2COC(COC(=O)Cc2cccnc2)COC(=O)Cc2cccnc2)n1. The van der Waals surface area contributed by atoms with Crippen molar-refractivity contribution in [1.29, 1.82) is 0 Å². The van der Waals surface area contributed by atoms with Crippen LogP contribution in [-0.4, -0.2) is 60.7 Å². The molecule has 0 aliphatic rings. The van der Waals surface area contributed by atoms with Crippen LogP contribution in [0.1, 0.15) is 11.1 Å². The summed E-state index contributed by atoms with van der Waals surface area (Å²) >= 11 is 0. The molecule has 35 heavy (non-hydrogen) atoms. The molecule has 0 bridgehead atoms. The highest BCUT2D eigenvalue weighted by molar-refractivity contribution is 5.73. The van der Waals surface area contributed by atoms with E-state index in [0.717, 1.165) is 11.1 Å². The highest BCUT2D eigenvalue weighted by Crippen LogP contribution is 2.11. The van der Waals surface area contributed by atoms with Gasteiger partial charge in [0.2, 0.25) is 5.95 Å². The molecule has 2 N–H and O–H groups in total. The second kappa shape index (κ2) is 11.6. The van der Waals surface area contributed by atoms with Crippen molar-refractivity contribution >= 4 is 29.1 Å². The van der Waals surface area contributed by atoms with Crippen LogP contribution in [0.3, 0.4) is 0 Å². The summed E-state index contributed by atoms with van der Waals surface area (Å²) in [4.78, 5) is 44.7. The highest BCUT2D eigenvalue weighted by Gasteiger charge is 2.17. The standard InChI is InChI=1S/C23H23N7O5/c24-23-27-11-19-22(29-23)28-14-30(19)15-35-18(12-33-20(31)7-16-3-1-5-25-9-16)13-34-21(32)8-17-4-2-6-26-10-17/h1-6,9-11,14,18H,7-8,12-13,15H2,(H2,24,27,29). The largest absolute Gasteiger partial charge is 0.463 e. The van der Waals surface area contributed by atoms with Gasteiger partial charge in [-0.05, 0) is 23.3 Å². The first-order valence-electron chi connectivity index (χ1n) is 10.7. The number of hydrogen-bond acceptors (Lipinski definition) is 11. The van der Waals surface area contributed by atoms with Gasteiger partial charge in [0, 0.05) is 24.8 Å². The summed E-state index contributed by atoms with van der Waals surface area (Å²) in [6, 6.07) is 7.04. The number of rotatable bonds is 11. The summed E-state index contributed by atoms with van der Waals surface area (Å²) in [5.74, 6) is -0.793. The maximum Gasteiger partial charge on any atom is 0.310 e. The lowest BCUT2D eigenvalue weighted by Crippen LogP contribution is -2.30. The van der Waals surface area contributed by atoms with Crippen LogP contribution in [0, 0.1) is 0 Å². The molecule has 0 saturated carbocycles. The number of fused-ring (bicyclic) bond motifs is 1. The zero-order valence-electron chi connectivity index (χ0n) is 18.7. The number of ether oxygens (including phenoxy) is 3. The number of pyridine rings is 2. The van der Waals surface area contributed by atoms with E-state index < -0.39 is 18.0 Å². The number of hydrogen-bond donors (Lipinski definition) is 1. The molecule has 0 aliphatic carbocycles. The Morgan fingerprint density at radius 3 is 2.11 bits per heavy atom. The number of imidazole rings is 1. The number of nitrogens with two attached hydrogens (primary N) is 1. The number of carbonyl (C=O) groups is 2. The number of carbonyl (C=O) groups excluding carboxylic acids is 2. The van der Waals surface area contributed by atoms with Gasteiger partial charge >= 0.3 is 11.9 Å². The number of esters is 2. The maximum absolute atomic E-state index is 12.3. The number of nitrogen functional groups attached to an aromatic ring is 1. The Kier molecular flexibility index (Phi) is 7.86. The lowest BCUT2D eigenvalue weighted by Gasteiger charge is -2.18. The average molecular weight is 477 g/mol. The fourth-order valence-corrected chi connectivity index (χ4v) is 3.11. The van der Waals surface area contributed by atoms with E-state index in [0.29, 0.717) is 11.2 Å². The van der Waals surface area contributed by atoms with Crippen LogP contribution in [0.5, 0.6) is 0 Å². The Bertz CT molecular complexity index is 1210. The maximum atomic E-state index is 12.3. The third-order valence-corrected chi connectivity index (χ3v) is 4.85. The van der Waals surface area contributed by atoms with Crippen molar-refractivity contribution in [2.45, 2.75) is 25.7 Å². The van der Waals surface area contributed by atoms with E-state index in [2.05, 4.69) is 24.9 Å². The van der Waals surface area contributed by atoms with Crippen LogP contribution in [0.4, 0.5) is 5.95 Å². The van der Waals surface area contributed by atoms with Gasteiger partial charge in [0.05, 0.1) is 25.4 Å². The molecule has 180 valence electrons. The monoisotopic (exact) mass is 477 g/mol. The van der Waals surface area contributed by atoms with E-state index >= 15 is 0 Å². The molecule has 12 nitrogen and oxygen atoms in total. The molecule has 12 heteroatoms. The summed E-state index contributed by atoms with van der Waals surface area (Å²) in [5.41, 5.74) is 8.07. The summed E-state index contributed by atoms with van der Waals surface area (Å²) in [6.45, 7) is -0.195. The van der Waals surface area contributed by atoms with Crippen molar-refractivity contribution < 1.29 is 23.8 Å². The molecule has 4 heterocycles. The third kappa shape index (κ3) is 7.01. The predicted octanol–water partition coefficient (Wildman–Crippen LogP) is 1.11. The van der Waals surface area contributed by atoms with Gasteiger partial charge < -0.3 is 24.5 Å². The molecule has 0 radical (unpaired) electrons. The quantitative estimate of drug-likeness (QED) is 0.309. The molecule has 0 saturated heterocycles. The summed E-state index contributed by atoms with van der Waals surface area (Å²) in [7, 11) is 0. The summed E-state index contributed by atoms with van der Waals surface area (Å²) in [6.07, 6.45) is 8.89. The van der Waals surface area contributed by atoms with Gasteiger partial charge in [0.25, 0.3) is 0 Å². The molecular weight excluding hydrogens is 454 g/mol. The van der Waals surface area contributed by atoms with Crippen LogP contribution in [0.2, 0.25) is 0 Å². The number of aromatic nitrogens is 6. The molecule has 0 fully saturated rings. The van der Waals surface area contributed by atoms with Gasteiger partial charge in [-0.1, -0.05) is 12.1 Å². The minimum Gasteiger partial charge on any atom is -0.463 e. The molecule has 0 aromatic carbocycles. The first kappa shape index (κ1) is 23.7. The lowest BCUT2D eigenvalue weighted by molar-refractivity contribution is -0.156. The van der Waals surface area contributed by atoms with Crippen LogP contribution in [0.25, 0.3) is 11.2 Å². The van der Waals surface area contributed by atoms with Gasteiger partial charge in [0.15, 0.2) is 5.65 Å². The second-order valence-corrected chi connectivity index (χ2v) is 7.51. The van der Waals surface area contributed by atoms with Crippen LogP contribution < -0.4 is 5.73 Å². The highest BCUT2D eigenvalue weighted by atomic mass is 16.6. The molecule has 4 aromatic rings. The van der Waals surface area contributed by atoms with Crippen molar-refractivity contribution in [2.75, 3.05) is 18.9 Å². The Balaban J connectivity index is 1.35. The molecule has 0 atom stereocenters. The third-order valence-electron chi connectivity index (χ3n) is 4.85. The van der Waals surface area contributed by atoms with E-state index in [4.69, 9.17) is 19.9 Å². The zero-order chi connectivity index (χ0) is 24.5. The topological polar surface area (TPSA) is 157 Å². The molecule has 4 rings (SSSR count). The first-order valence-corrected chi connectivity index (χ1v) is 10.7. The Morgan fingerprint density at radius 2 is 1.54 bits per heavy atom. The van der Waals surface area contributed by atoms with E-state index in [-0.39, 0.29) is 38.7 Å². The molecule has 0 aliphatic heterocycles. The van der Waals surface area contributed by atoms with E-state index in [1.54, 1.807) is 53.6 Å². The Labute approximate surface area is 200 Å². The van der Waals surface area contributed by atoms with E-state index in [1.165, 1.54) is 12.5 Å². The zero-order valence-corrected chi connectivity index (χ0v) is 18.7. The number of anilines is 1. The van der Waals surface area contributed by atoms with Crippen molar-refractivity contribution in [2.24, 2.45) is 0 Å². The number of nitrogens with zero attached hydrogens (tertiary/aromatic N) is 6. The minimum atomic E-state index is -0.724.